The lowest BCUT2D eigenvalue weighted by molar-refractivity contribution is 0.601. The van der Waals surface area contributed by atoms with Crippen molar-refractivity contribution in [2.75, 3.05) is 4.72 Å². The summed E-state index contributed by atoms with van der Waals surface area (Å²) in [6, 6.07) is 7.23. The molecule has 2 N–H and O–H groups in total. The summed E-state index contributed by atoms with van der Waals surface area (Å²) in [7, 11) is -3.66. The van der Waals surface area contributed by atoms with Crippen LogP contribution in [0.15, 0.2) is 47.8 Å². The summed E-state index contributed by atoms with van der Waals surface area (Å²) >= 11 is 0. The molecule has 3 rings (SSSR count). The van der Waals surface area contributed by atoms with Crippen LogP contribution in [0.1, 0.15) is 5.69 Å². The molecule has 0 fully saturated rings. The second-order valence-corrected chi connectivity index (χ2v) is 6.02. The highest BCUT2D eigenvalue weighted by molar-refractivity contribution is 7.92. The predicted octanol–water partition coefficient (Wildman–Crippen LogP) is 2.07. The van der Waals surface area contributed by atoms with E-state index in [1.807, 2.05) is 12.1 Å². The number of aromatic amines is 1. The molecule has 6 nitrogen and oxygen atoms in total. The second kappa shape index (κ2) is 4.61. The van der Waals surface area contributed by atoms with Crippen LogP contribution in [0.5, 0.6) is 0 Å². The molecule has 0 aliphatic rings. The van der Waals surface area contributed by atoms with Gasteiger partial charge < -0.3 is 0 Å². The number of fused-ring (bicyclic) bond motifs is 1. The van der Waals surface area contributed by atoms with E-state index < -0.39 is 10.0 Å². The maximum atomic E-state index is 12.3. The fraction of sp³-hybridized carbons (Fsp3) is 0.0769. The minimum atomic E-state index is -3.66. The summed E-state index contributed by atoms with van der Waals surface area (Å²) in [6.45, 7) is 1.66. The SMILES string of the molecule is Cc1[nH]ncc1S(=O)(=O)Nc1cccc2ccncc12. The van der Waals surface area contributed by atoms with E-state index in [0.29, 0.717) is 11.4 Å². The Bertz CT molecular complexity index is 865. The highest BCUT2D eigenvalue weighted by atomic mass is 32.2. The van der Waals surface area contributed by atoms with Crippen molar-refractivity contribution in [2.24, 2.45) is 0 Å². The summed E-state index contributed by atoms with van der Waals surface area (Å²) in [5.74, 6) is 0. The Morgan fingerprint density at radius 1 is 1.20 bits per heavy atom. The van der Waals surface area contributed by atoms with Crippen molar-refractivity contribution in [3.63, 3.8) is 0 Å². The van der Waals surface area contributed by atoms with E-state index in [1.54, 1.807) is 31.5 Å². The molecule has 0 aliphatic carbocycles. The molecule has 0 unspecified atom stereocenters. The highest BCUT2D eigenvalue weighted by Gasteiger charge is 2.19. The van der Waals surface area contributed by atoms with Gasteiger partial charge in [-0.05, 0) is 24.4 Å². The van der Waals surface area contributed by atoms with E-state index in [4.69, 9.17) is 0 Å². The molecule has 3 aromatic rings. The molecule has 20 heavy (non-hydrogen) atoms. The Hall–Kier alpha value is -2.41. The van der Waals surface area contributed by atoms with Crippen molar-refractivity contribution >= 4 is 26.5 Å². The van der Waals surface area contributed by atoms with Crippen LogP contribution >= 0.6 is 0 Å². The zero-order chi connectivity index (χ0) is 14.2. The van der Waals surface area contributed by atoms with Crippen molar-refractivity contribution in [3.8, 4) is 0 Å². The van der Waals surface area contributed by atoms with Crippen molar-refractivity contribution in [3.05, 3.63) is 48.5 Å². The van der Waals surface area contributed by atoms with Crippen LogP contribution in [-0.4, -0.2) is 23.6 Å². The molecule has 0 amide bonds. The van der Waals surface area contributed by atoms with Gasteiger partial charge in [-0.3, -0.25) is 14.8 Å². The van der Waals surface area contributed by atoms with Gasteiger partial charge in [0, 0.05) is 17.8 Å². The maximum absolute atomic E-state index is 12.3. The first-order valence-corrected chi connectivity index (χ1v) is 7.42. The van der Waals surface area contributed by atoms with Crippen molar-refractivity contribution in [1.29, 1.82) is 0 Å². The van der Waals surface area contributed by atoms with Gasteiger partial charge in [0.1, 0.15) is 4.90 Å². The smallest absolute Gasteiger partial charge is 0.265 e. The Labute approximate surface area is 115 Å². The predicted molar refractivity (Wildman–Crippen MR) is 75.9 cm³/mol. The Morgan fingerprint density at radius 3 is 2.80 bits per heavy atom. The van der Waals surface area contributed by atoms with Gasteiger partial charge >= 0.3 is 0 Å². The molecular weight excluding hydrogens is 276 g/mol. The van der Waals surface area contributed by atoms with Crippen molar-refractivity contribution in [1.82, 2.24) is 15.2 Å². The minimum Gasteiger partial charge on any atom is -0.281 e. The lowest BCUT2D eigenvalue weighted by Crippen LogP contribution is -2.13. The number of pyridine rings is 1. The Morgan fingerprint density at radius 2 is 2.05 bits per heavy atom. The number of hydrogen-bond acceptors (Lipinski definition) is 4. The van der Waals surface area contributed by atoms with Gasteiger partial charge in [-0.2, -0.15) is 5.10 Å². The molecule has 1 aromatic carbocycles. The van der Waals surface area contributed by atoms with E-state index in [0.717, 1.165) is 10.8 Å². The fourth-order valence-corrected chi connectivity index (χ4v) is 3.23. The Kier molecular flexibility index (Phi) is 2.90. The van der Waals surface area contributed by atoms with Crippen LogP contribution in [0.3, 0.4) is 0 Å². The van der Waals surface area contributed by atoms with Gasteiger partial charge in [0.15, 0.2) is 0 Å². The minimum absolute atomic E-state index is 0.137. The number of hydrogen-bond donors (Lipinski definition) is 2. The van der Waals surface area contributed by atoms with Crippen molar-refractivity contribution < 1.29 is 8.42 Å². The van der Waals surface area contributed by atoms with Gasteiger partial charge in [-0.25, -0.2) is 8.42 Å². The third-order valence-electron chi connectivity index (χ3n) is 3.00. The fourth-order valence-electron chi connectivity index (χ4n) is 2.01. The summed E-state index contributed by atoms with van der Waals surface area (Å²) < 4.78 is 27.2. The number of rotatable bonds is 3. The zero-order valence-corrected chi connectivity index (χ0v) is 11.5. The first-order valence-electron chi connectivity index (χ1n) is 5.93. The van der Waals surface area contributed by atoms with E-state index >= 15 is 0 Å². The van der Waals surface area contributed by atoms with Crippen LogP contribution in [-0.2, 0) is 10.0 Å². The number of H-pyrrole nitrogens is 1. The zero-order valence-electron chi connectivity index (χ0n) is 10.7. The van der Waals surface area contributed by atoms with E-state index in [9.17, 15) is 8.42 Å². The number of nitrogens with one attached hydrogen (secondary N) is 2. The van der Waals surface area contributed by atoms with Crippen LogP contribution in [0.25, 0.3) is 10.8 Å². The van der Waals surface area contributed by atoms with E-state index in [-0.39, 0.29) is 4.90 Å². The molecule has 0 bridgehead atoms. The number of anilines is 1. The lowest BCUT2D eigenvalue weighted by atomic mass is 10.1. The third kappa shape index (κ3) is 2.12. The standard InChI is InChI=1S/C13H12N4O2S/c1-9-13(8-15-16-9)20(18,19)17-12-4-2-3-10-5-6-14-7-11(10)12/h2-8,17H,1H3,(H,15,16). The van der Waals surface area contributed by atoms with Crippen LogP contribution < -0.4 is 4.72 Å². The number of sulfonamides is 1. The molecule has 0 aliphatic heterocycles. The van der Waals surface area contributed by atoms with Crippen molar-refractivity contribution in [2.45, 2.75) is 11.8 Å². The topological polar surface area (TPSA) is 87.7 Å². The molecule has 0 spiro atoms. The van der Waals surface area contributed by atoms with E-state index in [1.165, 1.54) is 6.20 Å². The molecule has 2 heterocycles. The number of nitrogens with zero attached hydrogens (tertiary/aromatic N) is 2. The van der Waals surface area contributed by atoms with Crippen LogP contribution in [0.4, 0.5) is 5.69 Å². The molecule has 102 valence electrons. The molecule has 0 radical (unpaired) electrons. The second-order valence-electron chi connectivity index (χ2n) is 4.37. The Balaban J connectivity index is 2.08. The van der Waals surface area contributed by atoms with Crippen LogP contribution in [0, 0.1) is 6.92 Å². The first-order chi connectivity index (χ1) is 9.58. The third-order valence-corrected chi connectivity index (χ3v) is 4.48. The molecular formula is C13H12N4O2S. The largest absolute Gasteiger partial charge is 0.281 e. The van der Waals surface area contributed by atoms with Gasteiger partial charge in [0.25, 0.3) is 10.0 Å². The van der Waals surface area contributed by atoms with Gasteiger partial charge in [-0.15, -0.1) is 0 Å². The van der Waals surface area contributed by atoms with Gasteiger partial charge in [0.2, 0.25) is 0 Å². The summed E-state index contributed by atoms with van der Waals surface area (Å²) in [4.78, 5) is 4.17. The summed E-state index contributed by atoms with van der Waals surface area (Å²) in [5.41, 5.74) is 0.993. The number of aryl methyl sites for hydroxylation is 1. The van der Waals surface area contributed by atoms with Crippen LogP contribution in [0.2, 0.25) is 0 Å². The van der Waals surface area contributed by atoms with Gasteiger partial charge in [-0.1, -0.05) is 12.1 Å². The number of aromatic nitrogens is 3. The molecule has 7 heteroatoms. The number of benzene rings is 1. The molecule has 0 saturated heterocycles. The first kappa shape index (κ1) is 12.6. The molecule has 0 atom stereocenters. The summed E-state index contributed by atoms with van der Waals surface area (Å²) in [6.07, 6.45) is 4.59. The van der Waals surface area contributed by atoms with E-state index in [2.05, 4.69) is 19.9 Å². The summed E-state index contributed by atoms with van der Waals surface area (Å²) in [5, 5.41) is 8.02. The lowest BCUT2D eigenvalue weighted by Gasteiger charge is -2.09. The normalized spacial score (nSPS) is 11.7. The molecule has 0 saturated carbocycles. The molecule has 2 aromatic heterocycles. The monoisotopic (exact) mass is 288 g/mol. The average Bonchev–Trinajstić information content (AvgIpc) is 2.86. The highest BCUT2D eigenvalue weighted by Crippen LogP contribution is 2.25. The quantitative estimate of drug-likeness (QED) is 0.772. The maximum Gasteiger partial charge on any atom is 0.265 e. The van der Waals surface area contributed by atoms with Gasteiger partial charge in [0.05, 0.1) is 17.6 Å². The average molecular weight is 288 g/mol.